The number of rotatable bonds is 3. The molecule has 1 unspecified atom stereocenters. The van der Waals surface area contributed by atoms with Gasteiger partial charge in [-0.05, 0) is 34.1 Å². The van der Waals surface area contributed by atoms with E-state index in [1.54, 1.807) is 0 Å². The van der Waals surface area contributed by atoms with Gasteiger partial charge in [0.15, 0.2) is 0 Å². The molecule has 0 fully saturated rings. The van der Waals surface area contributed by atoms with E-state index in [2.05, 4.69) is 26.1 Å². The first-order chi connectivity index (χ1) is 8.11. The van der Waals surface area contributed by atoms with Crippen LogP contribution in [0.3, 0.4) is 0 Å². The van der Waals surface area contributed by atoms with E-state index in [4.69, 9.17) is 10.3 Å². The summed E-state index contributed by atoms with van der Waals surface area (Å²) in [6, 6.07) is 4.33. The molecule has 1 aromatic heterocycles. The maximum absolute atomic E-state index is 13.0. The summed E-state index contributed by atoms with van der Waals surface area (Å²) < 4.78 is 18.2. The van der Waals surface area contributed by atoms with Gasteiger partial charge in [-0.1, -0.05) is 5.16 Å². The molecule has 3 N–H and O–H groups in total. The number of aromatic nitrogens is 2. The van der Waals surface area contributed by atoms with E-state index in [1.165, 1.54) is 18.2 Å². The predicted molar refractivity (Wildman–Crippen MR) is 61.4 cm³/mol. The fraction of sp³-hybridized carbons (Fsp3) is 0.200. The standard InChI is InChI=1S/C10H9BrFN3O2/c11-6-3-5(1-2-7(6)12)9-14-10(17-15-9)8(16)4-13/h1-3,8,16H,4,13H2. The van der Waals surface area contributed by atoms with Gasteiger partial charge in [0.2, 0.25) is 5.82 Å². The lowest BCUT2D eigenvalue weighted by Gasteiger charge is -1.98. The third-order valence-corrected chi connectivity index (χ3v) is 2.74. The van der Waals surface area contributed by atoms with Gasteiger partial charge < -0.3 is 15.4 Å². The number of nitrogens with two attached hydrogens (primary N) is 1. The molecule has 0 aliphatic rings. The lowest BCUT2D eigenvalue weighted by Crippen LogP contribution is -2.11. The molecule has 90 valence electrons. The quantitative estimate of drug-likeness (QED) is 0.900. The molecular weight excluding hydrogens is 293 g/mol. The van der Waals surface area contributed by atoms with Gasteiger partial charge in [0.05, 0.1) is 4.47 Å². The number of hydrogen-bond donors (Lipinski definition) is 2. The van der Waals surface area contributed by atoms with E-state index in [0.717, 1.165) is 0 Å². The second kappa shape index (κ2) is 4.91. The maximum Gasteiger partial charge on any atom is 0.257 e. The molecule has 7 heteroatoms. The summed E-state index contributed by atoms with van der Waals surface area (Å²) in [7, 11) is 0. The van der Waals surface area contributed by atoms with Gasteiger partial charge in [0.1, 0.15) is 11.9 Å². The van der Waals surface area contributed by atoms with Gasteiger partial charge in [-0.2, -0.15) is 4.98 Å². The Morgan fingerprint density at radius 2 is 2.29 bits per heavy atom. The number of aliphatic hydroxyl groups is 1. The highest BCUT2D eigenvalue weighted by molar-refractivity contribution is 9.10. The van der Waals surface area contributed by atoms with Crippen molar-refractivity contribution in [2.45, 2.75) is 6.10 Å². The van der Waals surface area contributed by atoms with Crippen LogP contribution in [0, 0.1) is 5.82 Å². The SMILES string of the molecule is NCC(O)c1nc(-c2ccc(F)c(Br)c2)no1. The van der Waals surface area contributed by atoms with E-state index in [9.17, 15) is 9.50 Å². The molecule has 1 atom stereocenters. The molecule has 0 saturated carbocycles. The Morgan fingerprint density at radius 3 is 2.94 bits per heavy atom. The highest BCUT2D eigenvalue weighted by Crippen LogP contribution is 2.24. The molecule has 2 rings (SSSR count). The molecule has 0 bridgehead atoms. The average Bonchev–Trinajstić information content (AvgIpc) is 2.81. The Kier molecular flexibility index (Phi) is 3.51. The largest absolute Gasteiger partial charge is 0.382 e. The van der Waals surface area contributed by atoms with Crippen molar-refractivity contribution >= 4 is 15.9 Å². The monoisotopic (exact) mass is 301 g/mol. The van der Waals surface area contributed by atoms with E-state index >= 15 is 0 Å². The van der Waals surface area contributed by atoms with Gasteiger partial charge in [-0.15, -0.1) is 0 Å². The Hall–Kier alpha value is -1.31. The maximum atomic E-state index is 13.0. The Balaban J connectivity index is 2.33. The third-order valence-electron chi connectivity index (χ3n) is 2.13. The van der Waals surface area contributed by atoms with Crippen LogP contribution in [0.1, 0.15) is 12.0 Å². The molecule has 0 aliphatic carbocycles. The highest BCUT2D eigenvalue weighted by atomic mass is 79.9. The summed E-state index contributed by atoms with van der Waals surface area (Å²) in [4.78, 5) is 3.97. The minimum atomic E-state index is -0.986. The van der Waals surface area contributed by atoms with Crippen molar-refractivity contribution in [1.82, 2.24) is 10.1 Å². The molecular formula is C10H9BrFN3O2. The van der Waals surface area contributed by atoms with Gasteiger partial charge in [-0.25, -0.2) is 4.39 Å². The first-order valence-electron chi connectivity index (χ1n) is 4.79. The van der Waals surface area contributed by atoms with E-state index < -0.39 is 6.10 Å². The fourth-order valence-electron chi connectivity index (χ4n) is 1.22. The summed E-state index contributed by atoms with van der Waals surface area (Å²) in [5.74, 6) is -0.0596. The molecule has 0 spiro atoms. The van der Waals surface area contributed by atoms with Crippen LogP contribution in [0.5, 0.6) is 0 Å². The molecule has 0 radical (unpaired) electrons. The van der Waals surface area contributed by atoms with Gasteiger partial charge >= 0.3 is 0 Å². The van der Waals surface area contributed by atoms with Crippen molar-refractivity contribution in [2.24, 2.45) is 5.73 Å². The number of aliphatic hydroxyl groups excluding tert-OH is 1. The van der Waals surface area contributed by atoms with Gasteiger partial charge in [0, 0.05) is 12.1 Å². The highest BCUT2D eigenvalue weighted by Gasteiger charge is 2.15. The number of benzene rings is 1. The minimum Gasteiger partial charge on any atom is -0.382 e. The average molecular weight is 302 g/mol. The van der Waals surface area contributed by atoms with Crippen molar-refractivity contribution in [2.75, 3.05) is 6.54 Å². The van der Waals surface area contributed by atoms with Crippen LogP contribution < -0.4 is 5.73 Å². The zero-order chi connectivity index (χ0) is 12.4. The van der Waals surface area contributed by atoms with Crippen LogP contribution in [-0.2, 0) is 0 Å². The van der Waals surface area contributed by atoms with Crippen molar-refractivity contribution in [3.05, 3.63) is 34.4 Å². The lowest BCUT2D eigenvalue weighted by molar-refractivity contribution is 0.141. The van der Waals surface area contributed by atoms with Crippen LogP contribution in [0.25, 0.3) is 11.4 Å². The van der Waals surface area contributed by atoms with Crippen LogP contribution >= 0.6 is 15.9 Å². The smallest absolute Gasteiger partial charge is 0.257 e. The number of nitrogens with zero attached hydrogens (tertiary/aromatic N) is 2. The number of halogens is 2. The second-order valence-electron chi connectivity index (χ2n) is 3.34. The minimum absolute atomic E-state index is 0.00521. The summed E-state index contributed by atoms with van der Waals surface area (Å²) in [5.41, 5.74) is 5.84. The normalized spacial score (nSPS) is 12.7. The van der Waals surface area contributed by atoms with Crippen molar-refractivity contribution in [1.29, 1.82) is 0 Å². The van der Waals surface area contributed by atoms with Gasteiger partial charge in [-0.3, -0.25) is 0 Å². The summed E-state index contributed by atoms with van der Waals surface area (Å²) >= 11 is 3.06. The predicted octanol–water partition coefficient (Wildman–Crippen LogP) is 1.63. The van der Waals surface area contributed by atoms with E-state index in [0.29, 0.717) is 10.0 Å². The molecule has 1 aromatic carbocycles. The topological polar surface area (TPSA) is 85.2 Å². The molecule has 0 aliphatic heterocycles. The zero-order valence-corrected chi connectivity index (χ0v) is 10.2. The Labute approximate surface area is 105 Å². The third kappa shape index (κ3) is 2.51. The fourth-order valence-corrected chi connectivity index (χ4v) is 1.60. The number of hydrogen-bond acceptors (Lipinski definition) is 5. The van der Waals surface area contributed by atoms with Crippen LogP contribution in [0.4, 0.5) is 4.39 Å². The first kappa shape index (κ1) is 12.2. The summed E-state index contributed by atoms with van der Waals surface area (Å²) in [6.07, 6.45) is -0.986. The first-order valence-corrected chi connectivity index (χ1v) is 5.58. The second-order valence-corrected chi connectivity index (χ2v) is 4.19. The molecule has 2 aromatic rings. The zero-order valence-electron chi connectivity index (χ0n) is 8.60. The summed E-state index contributed by atoms with van der Waals surface area (Å²) in [6.45, 7) is -0.00521. The van der Waals surface area contributed by atoms with Crippen LogP contribution in [0.15, 0.2) is 27.2 Å². The van der Waals surface area contributed by atoms with E-state index in [1.807, 2.05) is 0 Å². The molecule has 5 nitrogen and oxygen atoms in total. The molecule has 0 saturated heterocycles. The molecule has 0 amide bonds. The van der Waals surface area contributed by atoms with Crippen molar-refractivity contribution in [3.8, 4) is 11.4 Å². The van der Waals surface area contributed by atoms with Crippen LogP contribution in [0.2, 0.25) is 0 Å². The van der Waals surface area contributed by atoms with Crippen molar-refractivity contribution < 1.29 is 14.0 Å². The van der Waals surface area contributed by atoms with Crippen LogP contribution in [-0.4, -0.2) is 21.8 Å². The lowest BCUT2D eigenvalue weighted by atomic mass is 10.2. The van der Waals surface area contributed by atoms with E-state index in [-0.39, 0.29) is 24.1 Å². The molecule has 17 heavy (non-hydrogen) atoms. The summed E-state index contributed by atoms with van der Waals surface area (Å²) in [5, 5.41) is 13.1. The Bertz CT molecular complexity index is 532. The van der Waals surface area contributed by atoms with Gasteiger partial charge in [0.25, 0.3) is 5.89 Å². The Morgan fingerprint density at radius 1 is 1.53 bits per heavy atom. The molecule has 1 heterocycles. The van der Waals surface area contributed by atoms with Crippen molar-refractivity contribution in [3.63, 3.8) is 0 Å².